The van der Waals surface area contributed by atoms with Crippen LogP contribution in [0.25, 0.3) is 0 Å². The number of H-pyrrole nitrogens is 1. The Morgan fingerprint density at radius 3 is 2.72 bits per heavy atom. The maximum Gasteiger partial charge on any atom is 0.252 e. The van der Waals surface area contributed by atoms with Gasteiger partial charge < -0.3 is 15.6 Å². The number of hydrogen-bond donors (Lipinski definition) is 3. The Balaban J connectivity index is 1.64. The van der Waals surface area contributed by atoms with E-state index in [0.29, 0.717) is 11.9 Å². The highest BCUT2D eigenvalue weighted by Crippen LogP contribution is 2.16. The second kappa shape index (κ2) is 7.16. The molecule has 0 unspecified atom stereocenters. The molecule has 0 aliphatic heterocycles. The van der Waals surface area contributed by atoms with Crippen molar-refractivity contribution in [2.75, 3.05) is 18.4 Å². The predicted octanol–water partition coefficient (Wildman–Crippen LogP) is 1.49. The number of rotatable bonds is 5. The number of aromatic nitrogens is 2. The van der Waals surface area contributed by atoms with Gasteiger partial charge in [0.05, 0.1) is 6.33 Å². The fraction of sp³-hybridized carbons (Fsp3) is 0.692. The summed E-state index contributed by atoms with van der Waals surface area (Å²) in [6.45, 7) is 1.71. The Morgan fingerprint density at radius 1 is 1.22 bits per heavy atom. The van der Waals surface area contributed by atoms with Crippen LogP contribution < -0.4 is 16.2 Å². The van der Waals surface area contributed by atoms with Gasteiger partial charge in [-0.25, -0.2) is 4.98 Å². The molecule has 1 aromatic heterocycles. The Labute approximate surface area is 107 Å². The van der Waals surface area contributed by atoms with E-state index in [9.17, 15) is 4.79 Å². The molecule has 1 aliphatic rings. The number of nitrogens with zero attached hydrogens (tertiary/aromatic N) is 1. The second-order valence-electron chi connectivity index (χ2n) is 4.87. The van der Waals surface area contributed by atoms with Gasteiger partial charge in [0.15, 0.2) is 0 Å². The van der Waals surface area contributed by atoms with Gasteiger partial charge in [0, 0.05) is 25.2 Å². The van der Waals surface area contributed by atoms with Crippen molar-refractivity contribution >= 4 is 5.82 Å². The van der Waals surface area contributed by atoms with Crippen molar-refractivity contribution in [1.29, 1.82) is 0 Å². The monoisotopic (exact) mass is 250 g/mol. The van der Waals surface area contributed by atoms with Gasteiger partial charge in [0.25, 0.3) is 5.56 Å². The molecule has 0 atom stereocenters. The van der Waals surface area contributed by atoms with Gasteiger partial charge in [-0.1, -0.05) is 25.7 Å². The largest absolute Gasteiger partial charge is 0.369 e. The lowest BCUT2D eigenvalue weighted by Crippen LogP contribution is -2.32. The van der Waals surface area contributed by atoms with Crippen LogP contribution >= 0.6 is 0 Å². The zero-order valence-corrected chi connectivity index (χ0v) is 10.7. The SMILES string of the molecule is O=c1cc(NCCNC2CCCCCC2)nc[nH]1. The maximum atomic E-state index is 11.1. The third kappa shape index (κ3) is 4.49. The number of nitrogens with one attached hydrogen (secondary N) is 3. The summed E-state index contributed by atoms with van der Waals surface area (Å²) in [5.41, 5.74) is -0.121. The first-order chi connectivity index (χ1) is 8.84. The summed E-state index contributed by atoms with van der Waals surface area (Å²) in [5, 5.41) is 6.72. The Hall–Kier alpha value is -1.36. The first-order valence-electron chi connectivity index (χ1n) is 6.86. The molecule has 0 spiro atoms. The number of hydrogen-bond acceptors (Lipinski definition) is 4. The molecule has 1 heterocycles. The van der Waals surface area contributed by atoms with Crippen LogP contribution in [-0.2, 0) is 0 Å². The van der Waals surface area contributed by atoms with Crippen LogP contribution in [0.15, 0.2) is 17.2 Å². The normalized spacial score (nSPS) is 17.3. The first kappa shape index (κ1) is 13.1. The van der Waals surface area contributed by atoms with E-state index in [0.717, 1.165) is 13.1 Å². The third-order valence-corrected chi connectivity index (χ3v) is 3.40. The molecule has 1 aliphatic carbocycles. The van der Waals surface area contributed by atoms with E-state index in [-0.39, 0.29) is 5.56 Å². The van der Waals surface area contributed by atoms with Crippen molar-refractivity contribution in [2.45, 2.75) is 44.6 Å². The van der Waals surface area contributed by atoms with Crippen LogP contribution in [-0.4, -0.2) is 29.1 Å². The van der Waals surface area contributed by atoms with E-state index in [4.69, 9.17) is 0 Å². The van der Waals surface area contributed by atoms with E-state index in [1.165, 1.54) is 50.9 Å². The number of anilines is 1. The molecule has 0 bridgehead atoms. The van der Waals surface area contributed by atoms with E-state index >= 15 is 0 Å². The average Bonchev–Trinajstić information content (AvgIpc) is 2.63. The zero-order valence-electron chi connectivity index (χ0n) is 10.7. The quantitative estimate of drug-likeness (QED) is 0.547. The van der Waals surface area contributed by atoms with Gasteiger partial charge in [-0.2, -0.15) is 0 Å². The van der Waals surface area contributed by atoms with Crippen molar-refractivity contribution in [1.82, 2.24) is 15.3 Å². The van der Waals surface area contributed by atoms with Crippen LogP contribution in [0.3, 0.4) is 0 Å². The molecule has 2 rings (SSSR count). The second-order valence-corrected chi connectivity index (χ2v) is 4.87. The van der Waals surface area contributed by atoms with Crippen molar-refractivity contribution in [3.8, 4) is 0 Å². The summed E-state index contributed by atoms with van der Waals surface area (Å²) in [4.78, 5) is 17.6. The van der Waals surface area contributed by atoms with Crippen molar-refractivity contribution in [2.24, 2.45) is 0 Å². The van der Waals surface area contributed by atoms with E-state index in [1.807, 2.05) is 0 Å². The summed E-state index contributed by atoms with van der Waals surface area (Å²) >= 11 is 0. The summed E-state index contributed by atoms with van der Waals surface area (Å²) in [6.07, 6.45) is 9.47. The molecule has 1 aromatic rings. The van der Waals surface area contributed by atoms with Crippen molar-refractivity contribution in [3.05, 3.63) is 22.7 Å². The Kier molecular flexibility index (Phi) is 5.20. The molecule has 18 heavy (non-hydrogen) atoms. The van der Waals surface area contributed by atoms with E-state index in [2.05, 4.69) is 20.6 Å². The standard InChI is InChI=1S/C13H22N4O/c18-13-9-12(16-10-17-13)15-8-7-14-11-5-3-1-2-4-6-11/h9-11,14H,1-8H2,(H2,15,16,17,18). The number of aromatic amines is 1. The minimum absolute atomic E-state index is 0.121. The molecule has 0 saturated heterocycles. The van der Waals surface area contributed by atoms with Crippen molar-refractivity contribution < 1.29 is 0 Å². The molecule has 0 radical (unpaired) electrons. The smallest absolute Gasteiger partial charge is 0.252 e. The fourth-order valence-corrected chi connectivity index (χ4v) is 2.42. The molecule has 5 nitrogen and oxygen atoms in total. The highest BCUT2D eigenvalue weighted by Gasteiger charge is 2.10. The van der Waals surface area contributed by atoms with Gasteiger partial charge in [0.1, 0.15) is 5.82 Å². The van der Waals surface area contributed by atoms with Gasteiger partial charge in [-0.3, -0.25) is 4.79 Å². The molecule has 3 N–H and O–H groups in total. The van der Waals surface area contributed by atoms with Gasteiger partial charge in [0.2, 0.25) is 0 Å². The molecular weight excluding hydrogens is 228 g/mol. The van der Waals surface area contributed by atoms with Crippen LogP contribution in [0, 0.1) is 0 Å². The van der Waals surface area contributed by atoms with Crippen LogP contribution in [0.1, 0.15) is 38.5 Å². The average molecular weight is 250 g/mol. The summed E-state index contributed by atoms with van der Waals surface area (Å²) in [7, 11) is 0. The molecule has 1 fully saturated rings. The highest BCUT2D eigenvalue weighted by atomic mass is 16.1. The minimum Gasteiger partial charge on any atom is -0.369 e. The van der Waals surface area contributed by atoms with Gasteiger partial charge in [-0.15, -0.1) is 0 Å². The molecule has 1 saturated carbocycles. The fourth-order valence-electron chi connectivity index (χ4n) is 2.42. The predicted molar refractivity (Wildman–Crippen MR) is 72.8 cm³/mol. The van der Waals surface area contributed by atoms with Crippen LogP contribution in [0.5, 0.6) is 0 Å². The zero-order chi connectivity index (χ0) is 12.6. The highest BCUT2D eigenvalue weighted by molar-refractivity contribution is 5.31. The Morgan fingerprint density at radius 2 is 2.00 bits per heavy atom. The maximum absolute atomic E-state index is 11.1. The Bertz CT molecular complexity index is 396. The van der Waals surface area contributed by atoms with Crippen molar-refractivity contribution in [3.63, 3.8) is 0 Å². The minimum atomic E-state index is -0.121. The molecule has 0 amide bonds. The third-order valence-electron chi connectivity index (χ3n) is 3.40. The van der Waals surface area contributed by atoms with Crippen LogP contribution in [0.4, 0.5) is 5.82 Å². The van der Waals surface area contributed by atoms with Gasteiger partial charge in [-0.05, 0) is 12.8 Å². The molecule has 5 heteroatoms. The van der Waals surface area contributed by atoms with Gasteiger partial charge >= 0.3 is 0 Å². The summed E-state index contributed by atoms with van der Waals surface area (Å²) < 4.78 is 0. The molecule has 100 valence electrons. The lowest BCUT2D eigenvalue weighted by atomic mass is 10.1. The van der Waals surface area contributed by atoms with Crippen LogP contribution in [0.2, 0.25) is 0 Å². The molecule has 0 aromatic carbocycles. The first-order valence-corrected chi connectivity index (χ1v) is 6.86. The lowest BCUT2D eigenvalue weighted by molar-refractivity contribution is 0.468. The van der Waals surface area contributed by atoms with E-state index in [1.54, 1.807) is 0 Å². The molecular formula is C13H22N4O. The summed E-state index contributed by atoms with van der Waals surface area (Å²) in [5.74, 6) is 0.640. The topological polar surface area (TPSA) is 69.8 Å². The summed E-state index contributed by atoms with van der Waals surface area (Å²) in [6, 6.07) is 2.15. The van der Waals surface area contributed by atoms with E-state index < -0.39 is 0 Å². The lowest BCUT2D eigenvalue weighted by Gasteiger charge is -2.16.